The number of thiazole rings is 1. The first-order valence-corrected chi connectivity index (χ1v) is 9.81. The van der Waals surface area contributed by atoms with Crippen LogP contribution in [0.3, 0.4) is 0 Å². The van der Waals surface area contributed by atoms with Crippen LogP contribution in [0.15, 0.2) is 60.7 Å². The van der Waals surface area contributed by atoms with Crippen LogP contribution in [0.1, 0.15) is 15.9 Å². The summed E-state index contributed by atoms with van der Waals surface area (Å²) >= 11 is 13.7. The van der Waals surface area contributed by atoms with Crippen molar-refractivity contribution in [3.05, 3.63) is 81.8 Å². The maximum absolute atomic E-state index is 12.4. The number of carbonyl (C=O) groups excluding carboxylic acids is 1. The fraction of sp³-hybridized carbons (Fsp3) is 0.0476. The summed E-state index contributed by atoms with van der Waals surface area (Å²) in [6, 6.07) is 18.6. The quantitative estimate of drug-likeness (QED) is 0.400. The first kappa shape index (κ1) is 18.0. The summed E-state index contributed by atoms with van der Waals surface area (Å²) in [6.45, 7) is 2.07. The second-order valence-electron chi connectivity index (χ2n) is 6.15. The van der Waals surface area contributed by atoms with Crippen molar-refractivity contribution in [3.8, 4) is 10.6 Å². The molecule has 1 N–H and O–H groups in total. The fourth-order valence-electron chi connectivity index (χ4n) is 2.72. The van der Waals surface area contributed by atoms with E-state index in [9.17, 15) is 4.79 Å². The standard InChI is InChI=1S/C21H14Cl2N2OS/c1-12-2-9-18-19(10-12)27-21(25-18)13-3-6-15(7-4-13)24-20(26)16-11-14(22)5-8-17(16)23/h2-11H,1H3,(H,24,26). The first-order valence-electron chi connectivity index (χ1n) is 8.23. The summed E-state index contributed by atoms with van der Waals surface area (Å²) in [5.74, 6) is -0.300. The van der Waals surface area contributed by atoms with E-state index in [2.05, 4.69) is 29.4 Å². The number of nitrogens with one attached hydrogen (secondary N) is 1. The molecule has 0 atom stereocenters. The van der Waals surface area contributed by atoms with Crippen LogP contribution >= 0.6 is 34.5 Å². The predicted molar refractivity (Wildman–Crippen MR) is 114 cm³/mol. The normalized spacial score (nSPS) is 10.9. The number of rotatable bonds is 3. The zero-order valence-corrected chi connectivity index (χ0v) is 16.6. The van der Waals surface area contributed by atoms with E-state index < -0.39 is 0 Å². The molecule has 0 aliphatic heterocycles. The molecule has 0 bridgehead atoms. The largest absolute Gasteiger partial charge is 0.322 e. The average Bonchev–Trinajstić information content (AvgIpc) is 3.07. The Labute approximate surface area is 170 Å². The molecule has 0 spiro atoms. The van der Waals surface area contributed by atoms with E-state index in [1.165, 1.54) is 5.56 Å². The van der Waals surface area contributed by atoms with Crippen molar-refractivity contribution in [1.82, 2.24) is 4.98 Å². The zero-order chi connectivity index (χ0) is 19.0. The molecule has 4 rings (SSSR count). The molecule has 0 unspecified atom stereocenters. The van der Waals surface area contributed by atoms with Crippen molar-refractivity contribution in [3.63, 3.8) is 0 Å². The van der Waals surface area contributed by atoms with Crippen LogP contribution in [0.5, 0.6) is 0 Å². The lowest BCUT2D eigenvalue weighted by molar-refractivity contribution is 0.102. The molecule has 0 aliphatic rings. The Balaban J connectivity index is 1.56. The number of anilines is 1. The summed E-state index contributed by atoms with van der Waals surface area (Å²) in [4.78, 5) is 17.1. The number of hydrogen-bond donors (Lipinski definition) is 1. The van der Waals surface area contributed by atoms with Gasteiger partial charge in [-0.05, 0) is 67.1 Å². The molecule has 0 saturated carbocycles. The summed E-state index contributed by atoms with van der Waals surface area (Å²) in [7, 11) is 0. The molecular formula is C21H14Cl2N2OS. The number of carbonyl (C=O) groups is 1. The van der Waals surface area contributed by atoms with Crippen LogP contribution in [0.2, 0.25) is 10.0 Å². The van der Waals surface area contributed by atoms with E-state index in [-0.39, 0.29) is 5.91 Å². The molecule has 1 amide bonds. The molecule has 3 aromatic carbocycles. The molecule has 4 aromatic rings. The summed E-state index contributed by atoms with van der Waals surface area (Å²) in [5.41, 5.74) is 4.24. The third-order valence-electron chi connectivity index (χ3n) is 4.11. The number of aryl methyl sites for hydroxylation is 1. The predicted octanol–water partition coefficient (Wildman–Crippen LogP) is 6.83. The lowest BCUT2D eigenvalue weighted by Crippen LogP contribution is -2.12. The van der Waals surface area contributed by atoms with Crippen LogP contribution in [-0.4, -0.2) is 10.9 Å². The number of nitrogens with zero attached hydrogens (tertiary/aromatic N) is 1. The SMILES string of the molecule is Cc1ccc2nc(-c3ccc(NC(=O)c4cc(Cl)ccc4Cl)cc3)sc2c1. The Hall–Kier alpha value is -2.40. The second-order valence-corrected chi connectivity index (χ2v) is 8.02. The highest BCUT2D eigenvalue weighted by molar-refractivity contribution is 7.21. The van der Waals surface area contributed by atoms with Crippen molar-refractivity contribution >= 4 is 56.3 Å². The van der Waals surface area contributed by atoms with Crippen LogP contribution in [0.25, 0.3) is 20.8 Å². The van der Waals surface area contributed by atoms with E-state index in [0.717, 1.165) is 20.8 Å². The van der Waals surface area contributed by atoms with Gasteiger partial charge < -0.3 is 5.32 Å². The third-order valence-corrected chi connectivity index (χ3v) is 5.74. The number of amides is 1. The van der Waals surface area contributed by atoms with Gasteiger partial charge in [-0.1, -0.05) is 29.3 Å². The second kappa shape index (κ2) is 7.31. The minimum absolute atomic E-state index is 0.300. The van der Waals surface area contributed by atoms with Gasteiger partial charge in [0.05, 0.1) is 20.8 Å². The van der Waals surface area contributed by atoms with Gasteiger partial charge in [-0.15, -0.1) is 11.3 Å². The van der Waals surface area contributed by atoms with Gasteiger partial charge >= 0.3 is 0 Å². The minimum atomic E-state index is -0.300. The van der Waals surface area contributed by atoms with Crippen LogP contribution in [0.4, 0.5) is 5.69 Å². The molecule has 1 aromatic heterocycles. The van der Waals surface area contributed by atoms with Gasteiger partial charge in [0.15, 0.2) is 0 Å². The number of aromatic nitrogens is 1. The van der Waals surface area contributed by atoms with Crippen molar-refractivity contribution in [2.24, 2.45) is 0 Å². The van der Waals surface area contributed by atoms with Crippen molar-refractivity contribution < 1.29 is 4.79 Å². The van der Waals surface area contributed by atoms with Gasteiger partial charge in [-0.25, -0.2) is 4.98 Å². The summed E-state index contributed by atoms with van der Waals surface area (Å²) in [6.07, 6.45) is 0. The number of benzene rings is 3. The lowest BCUT2D eigenvalue weighted by Gasteiger charge is -2.07. The molecule has 3 nitrogen and oxygen atoms in total. The number of hydrogen-bond acceptors (Lipinski definition) is 3. The third kappa shape index (κ3) is 3.83. The Morgan fingerprint density at radius 2 is 1.78 bits per heavy atom. The van der Waals surface area contributed by atoms with Gasteiger partial charge in [0.2, 0.25) is 0 Å². The molecular weight excluding hydrogens is 399 g/mol. The number of halogens is 2. The van der Waals surface area contributed by atoms with E-state index in [1.54, 1.807) is 29.5 Å². The van der Waals surface area contributed by atoms with Crippen molar-refractivity contribution in [2.75, 3.05) is 5.32 Å². The minimum Gasteiger partial charge on any atom is -0.322 e. The maximum atomic E-state index is 12.4. The maximum Gasteiger partial charge on any atom is 0.257 e. The molecule has 6 heteroatoms. The number of fused-ring (bicyclic) bond motifs is 1. The molecule has 0 aliphatic carbocycles. The van der Waals surface area contributed by atoms with Gasteiger partial charge in [-0.3, -0.25) is 4.79 Å². The smallest absolute Gasteiger partial charge is 0.257 e. The fourth-order valence-corrected chi connectivity index (χ4v) is 4.17. The van der Waals surface area contributed by atoms with E-state index in [0.29, 0.717) is 21.3 Å². The van der Waals surface area contributed by atoms with Crippen molar-refractivity contribution in [2.45, 2.75) is 6.92 Å². The first-order chi connectivity index (χ1) is 13.0. The highest BCUT2D eigenvalue weighted by Gasteiger charge is 2.12. The Morgan fingerprint density at radius 3 is 2.56 bits per heavy atom. The molecule has 0 radical (unpaired) electrons. The summed E-state index contributed by atoms with van der Waals surface area (Å²) in [5, 5.41) is 4.61. The topological polar surface area (TPSA) is 42.0 Å². The zero-order valence-electron chi connectivity index (χ0n) is 14.3. The highest BCUT2D eigenvalue weighted by atomic mass is 35.5. The molecule has 0 fully saturated rings. The average molecular weight is 413 g/mol. The van der Waals surface area contributed by atoms with Gasteiger partial charge in [0.1, 0.15) is 5.01 Å². The molecule has 1 heterocycles. The van der Waals surface area contributed by atoms with E-state index in [4.69, 9.17) is 23.2 Å². The Morgan fingerprint density at radius 1 is 1.00 bits per heavy atom. The molecule has 134 valence electrons. The molecule has 27 heavy (non-hydrogen) atoms. The van der Waals surface area contributed by atoms with Crippen LogP contribution in [-0.2, 0) is 0 Å². The Bertz CT molecular complexity index is 1150. The van der Waals surface area contributed by atoms with E-state index in [1.807, 2.05) is 30.3 Å². The monoisotopic (exact) mass is 412 g/mol. The van der Waals surface area contributed by atoms with E-state index >= 15 is 0 Å². The molecule has 0 saturated heterocycles. The van der Waals surface area contributed by atoms with Gasteiger partial charge in [0, 0.05) is 16.3 Å². The lowest BCUT2D eigenvalue weighted by atomic mass is 10.2. The Kier molecular flexibility index (Phi) is 4.87. The van der Waals surface area contributed by atoms with Crippen molar-refractivity contribution in [1.29, 1.82) is 0 Å². The highest BCUT2D eigenvalue weighted by Crippen LogP contribution is 2.31. The van der Waals surface area contributed by atoms with Crippen LogP contribution in [0, 0.1) is 6.92 Å². The van der Waals surface area contributed by atoms with Gasteiger partial charge in [-0.2, -0.15) is 0 Å². The summed E-state index contributed by atoms with van der Waals surface area (Å²) < 4.78 is 1.16. The van der Waals surface area contributed by atoms with Gasteiger partial charge in [0.25, 0.3) is 5.91 Å². The van der Waals surface area contributed by atoms with Crippen LogP contribution < -0.4 is 5.32 Å².